The lowest BCUT2D eigenvalue weighted by Crippen LogP contribution is -2.34. The van der Waals surface area contributed by atoms with Crippen LogP contribution in [0.5, 0.6) is 0 Å². The van der Waals surface area contributed by atoms with E-state index in [1.54, 1.807) is 0 Å². The van der Waals surface area contributed by atoms with Gasteiger partial charge in [0, 0.05) is 19.1 Å². The van der Waals surface area contributed by atoms with Crippen LogP contribution < -0.4 is 10.0 Å². The third-order valence-electron chi connectivity index (χ3n) is 2.40. The molecule has 1 rings (SSSR count). The van der Waals surface area contributed by atoms with Crippen molar-refractivity contribution in [1.29, 1.82) is 0 Å². The highest BCUT2D eigenvalue weighted by Crippen LogP contribution is 2.15. The monoisotopic (exact) mass is 308 g/mol. The zero-order valence-corrected chi connectivity index (χ0v) is 12.5. The lowest BCUT2D eigenvalue weighted by molar-refractivity contribution is 0.566. The fourth-order valence-corrected chi connectivity index (χ4v) is 2.52. The first-order chi connectivity index (χ1) is 8.80. The summed E-state index contributed by atoms with van der Waals surface area (Å²) in [5, 5.41) is 3.01. The first kappa shape index (κ1) is 16.4. The largest absolute Gasteiger partial charge is 0.313 e. The van der Waals surface area contributed by atoms with Gasteiger partial charge in [-0.1, -0.05) is 31.5 Å². The molecule has 0 bridgehead atoms. The summed E-state index contributed by atoms with van der Waals surface area (Å²) in [6.45, 7) is 4.38. The van der Waals surface area contributed by atoms with Crippen LogP contribution >= 0.6 is 11.6 Å². The van der Waals surface area contributed by atoms with Gasteiger partial charge in [-0.3, -0.25) is 0 Å². The van der Waals surface area contributed by atoms with E-state index in [0.29, 0.717) is 12.1 Å². The van der Waals surface area contributed by atoms with Crippen molar-refractivity contribution in [2.75, 3.05) is 12.3 Å². The number of nitrogens with one attached hydrogen (secondary N) is 2. The highest BCUT2D eigenvalue weighted by Gasteiger charge is 2.10. The van der Waals surface area contributed by atoms with E-state index in [-0.39, 0.29) is 23.4 Å². The van der Waals surface area contributed by atoms with Crippen LogP contribution in [0.1, 0.15) is 19.4 Å². The molecule has 2 N–H and O–H groups in total. The molecule has 0 unspecified atom stereocenters. The zero-order valence-electron chi connectivity index (χ0n) is 10.9. The van der Waals surface area contributed by atoms with Gasteiger partial charge >= 0.3 is 0 Å². The molecular weight excluding hydrogens is 291 g/mol. The number of rotatable bonds is 7. The smallest absolute Gasteiger partial charge is 0.213 e. The van der Waals surface area contributed by atoms with Gasteiger partial charge in [-0.2, -0.15) is 0 Å². The van der Waals surface area contributed by atoms with Gasteiger partial charge in [-0.25, -0.2) is 17.5 Å². The normalized spacial score (nSPS) is 12.1. The molecule has 0 atom stereocenters. The molecule has 0 aliphatic carbocycles. The summed E-state index contributed by atoms with van der Waals surface area (Å²) in [5.74, 6) is -0.519. The van der Waals surface area contributed by atoms with Crippen molar-refractivity contribution < 1.29 is 12.8 Å². The molecule has 0 saturated carbocycles. The molecule has 1 aromatic carbocycles. The Morgan fingerprint density at radius 2 is 2.05 bits per heavy atom. The van der Waals surface area contributed by atoms with Crippen LogP contribution in [0, 0.1) is 5.82 Å². The van der Waals surface area contributed by atoms with Crippen molar-refractivity contribution >= 4 is 21.6 Å². The Morgan fingerprint density at radius 3 is 2.63 bits per heavy atom. The molecule has 0 saturated heterocycles. The van der Waals surface area contributed by atoms with Crippen molar-refractivity contribution in [1.82, 2.24) is 10.0 Å². The Kier molecular flexibility index (Phi) is 6.19. The van der Waals surface area contributed by atoms with E-state index in [9.17, 15) is 12.8 Å². The second-order valence-corrected chi connectivity index (χ2v) is 6.83. The molecule has 4 nitrogen and oxygen atoms in total. The fraction of sp³-hybridized carbons (Fsp3) is 0.500. The average molecular weight is 309 g/mol. The van der Waals surface area contributed by atoms with Crippen LogP contribution in [-0.2, 0) is 16.6 Å². The summed E-state index contributed by atoms with van der Waals surface area (Å²) >= 11 is 5.62. The van der Waals surface area contributed by atoms with E-state index in [2.05, 4.69) is 10.0 Å². The summed E-state index contributed by atoms with van der Waals surface area (Å²) in [4.78, 5) is 0. The maximum absolute atomic E-state index is 12.9. The topological polar surface area (TPSA) is 58.2 Å². The Bertz CT molecular complexity index is 520. The van der Waals surface area contributed by atoms with Gasteiger partial charge in [-0.05, 0) is 17.7 Å². The van der Waals surface area contributed by atoms with Gasteiger partial charge in [-0.15, -0.1) is 0 Å². The minimum atomic E-state index is -3.35. The van der Waals surface area contributed by atoms with Crippen LogP contribution in [0.2, 0.25) is 5.02 Å². The number of sulfonamides is 1. The molecule has 0 heterocycles. The Balaban J connectivity index is 2.48. The van der Waals surface area contributed by atoms with Crippen LogP contribution in [0.4, 0.5) is 4.39 Å². The third-order valence-corrected chi connectivity index (χ3v) is 4.02. The molecule has 0 radical (unpaired) electrons. The van der Waals surface area contributed by atoms with E-state index in [1.807, 2.05) is 13.8 Å². The number of hydrogen-bond acceptors (Lipinski definition) is 3. The highest BCUT2D eigenvalue weighted by molar-refractivity contribution is 7.89. The number of hydrogen-bond donors (Lipinski definition) is 2. The van der Waals surface area contributed by atoms with Crippen molar-refractivity contribution in [3.8, 4) is 0 Å². The van der Waals surface area contributed by atoms with Gasteiger partial charge in [0.1, 0.15) is 5.82 Å². The van der Waals surface area contributed by atoms with Crippen LogP contribution in [0.15, 0.2) is 18.2 Å². The Labute approximate surface area is 118 Å². The first-order valence-corrected chi connectivity index (χ1v) is 7.98. The summed E-state index contributed by atoms with van der Waals surface area (Å²) in [7, 11) is -3.35. The molecule has 0 aromatic heterocycles. The second kappa shape index (κ2) is 7.19. The standard InChI is InChI=1S/C12H18ClFN2O2S/c1-9(2)15-5-6-19(17,18)16-8-10-3-4-12(14)11(13)7-10/h3-4,7,9,15-16H,5-6,8H2,1-2H3. The SMILES string of the molecule is CC(C)NCCS(=O)(=O)NCc1ccc(F)c(Cl)c1. The van der Waals surface area contributed by atoms with Crippen molar-refractivity contribution in [3.05, 3.63) is 34.6 Å². The van der Waals surface area contributed by atoms with E-state index < -0.39 is 15.8 Å². The second-order valence-electron chi connectivity index (χ2n) is 4.50. The van der Waals surface area contributed by atoms with E-state index in [0.717, 1.165) is 0 Å². The maximum Gasteiger partial charge on any atom is 0.213 e. The molecule has 0 spiro atoms. The van der Waals surface area contributed by atoms with E-state index >= 15 is 0 Å². The lowest BCUT2D eigenvalue weighted by Gasteiger charge is -2.10. The van der Waals surface area contributed by atoms with E-state index in [4.69, 9.17) is 11.6 Å². The van der Waals surface area contributed by atoms with Gasteiger partial charge in [0.25, 0.3) is 0 Å². The zero-order chi connectivity index (χ0) is 14.5. The predicted octanol–water partition coefficient (Wildman–Crippen LogP) is 1.90. The van der Waals surface area contributed by atoms with Gasteiger partial charge < -0.3 is 5.32 Å². The van der Waals surface area contributed by atoms with E-state index in [1.165, 1.54) is 18.2 Å². The fourth-order valence-electron chi connectivity index (χ4n) is 1.40. The first-order valence-electron chi connectivity index (χ1n) is 5.95. The molecule has 0 aliphatic heterocycles. The molecule has 0 aliphatic rings. The van der Waals surface area contributed by atoms with Crippen LogP contribution in [0.3, 0.4) is 0 Å². The average Bonchev–Trinajstić information content (AvgIpc) is 2.30. The maximum atomic E-state index is 12.9. The van der Waals surface area contributed by atoms with Gasteiger partial charge in [0.15, 0.2) is 0 Å². The summed E-state index contributed by atoms with van der Waals surface area (Å²) in [6.07, 6.45) is 0. The van der Waals surface area contributed by atoms with Gasteiger partial charge in [0.2, 0.25) is 10.0 Å². The molecule has 19 heavy (non-hydrogen) atoms. The highest BCUT2D eigenvalue weighted by atomic mass is 35.5. The molecular formula is C12H18ClFN2O2S. The third kappa shape index (κ3) is 6.33. The quantitative estimate of drug-likeness (QED) is 0.809. The van der Waals surface area contributed by atoms with Gasteiger partial charge in [0.05, 0.1) is 10.8 Å². The summed E-state index contributed by atoms with van der Waals surface area (Å²) in [5.41, 5.74) is 0.617. The summed E-state index contributed by atoms with van der Waals surface area (Å²) in [6, 6.07) is 4.36. The molecule has 1 aromatic rings. The summed E-state index contributed by atoms with van der Waals surface area (Å²) < 4.78 is 38.7. The molecule has 0 fully saturated rings. The minimum Gasteiger partial charge on any atom is -0.313 e. The molecule has 0 amide bonds. The van der Waals surface area contributed by atoms with Crippen LogP contribution in [0.25, 0.3) is 0 Å². The Hall–Kier alpha value is -0.690. The lowest BCUT2D eigenvalue weighted by atomic mass is 10.2. The molecule has 108 valence electrons. The van der Waals surface area contributed by atoms with Crippen LogP contribution in [-0.4, -0.2) is 26.8 Å². The number of halogens is 2. The predicted molar refractivity (Wildman–Crippen MR) is 75.2 cm³/mol. The van der Waals surface area contributed by atoms with Crippen molar-refractivity contribution in [2.24, 2.45) is 0 Å². The number of benzene rings is 1. The van der Waals surface area contributed by atoms with Crippen molar-refractivity contribution in [2.45, 2.75) is 26.4 Å². The molecule has 7 heteroatoms. The minimum absolute atomic E-state index is 0.000106. The Morgan fingerprint density at radius 1 is 1.37 bits per heavy atom. The van der Waals surface area contributed by atoms with Crippen molar-refractivity contribution in [3.63, 3.8) is 0 Å².